The Balaban J connectivity index is 1.29. The van der Waals surface area contributed by atoms with E-state index in [4.69, 9.17) is 4.74 Å². The Hall–Kier alpha value is -2.39. The summed E-state index contributed by atoms with van der Waals surface area (Å²) in [5, 5.41) is 3.49. The molecule has 1 aromatic heterocycles. The maximum absolute atomic E-state index is 12.9. The van der Waals surface area contributed by atoms with Crippen molar-refractivity contribution in [1.82, 2.24) is 14.9 Å². The molecule has 2 aromatic rings. The van der Waals surface area contributed by atoms with Crippen LogP contribution in [-0.4, -0.2) is 60.3 Å². The SMILES string of the molecule is FC(F)(F)c1cccc(CN2CCC(Nc3ccnc(N4CCOCC4)n3)CC2)c1. The number of ether oxygens (including phenoxy) is 1. The second-order valence-electron chi connectivity index (χ2n) is 7.73. The van der Waals surface area contributed by atoms with Gasteiger partial charge in [0, 0.05) is 45.0 Å². The second kappa shape index (κ2) is 9.18. The first-order chi connectivity index (χ1) is 14.5. The van der Waals surface area contributed by atoms with Gasteiger partial charge in [0.05, 0.1) is 18.8 Å². The van der Waals surface area contributed by atoms with Gasteiger partial charge in [-0.05, 0) is 30.5 Å². The topological polar surface area (TPSA) is 53.5 Å². The van der Waals surface area contributed by atoms with Crippen LogP contribution in [0.4, 0.5) is 24.9 Å². The Labute approximate surface area is 174 Å². The highest BCUT2D eigenvalue weighted by Gasteiger charge is 2.30. The minimum Gasteiger partial charge on any atom is -0.378 e. The molecule has 0 amide bonds. The highest BCUT2D eigenvalue weighted by Crippen LogP contribution is 2.30. The largest absolute Gasteiger partial charge is 0.416 e. The molecular formula is C21H26F3N5O. The molecule has 0 aliphatic carbocycles. The third kappa shape index (κ3) is 5.40. The third-order valence-corrected chi connectivity index (χ3v) is 5.54. The first kappa shape index (κ1) is 20.9. The summed E-state index contributed by atoms with van der Waals surface area (Å²) < 4.78 is 44.1. The van der Waals surface area contributed by atoms with E-state index in [1.54, 1.807) is 12.3 Å². The van der Waals surface area contributed by atoms with E-state index in [0.29, 0.717) is 31.3 Å². The van der Waals surface area contributed by atoms with Crippen LogP contribution >= 0.6 is 0 Å². The van der Waals surface area contributed by atoms with Crippen LogP contribution in [0.5, 0.6) is 0 Å². The first-order valence-corrected chi connectivity index (χ1v) is 10.3. The third-order valence-electron chi connectivity index (χ3n) is 5.54. The van der Waals surface area contributed by atoms with Crippen molar-refractivity contribution in [3.63, 3.8) is 0 Å². The molecule has 0 bridgehead atoms. The fourth-order valence-electron chi connectivity index (χ4n) is 3.89. The molecule has 4 rings (SSSR count). The average molecular weight is 421 g/mol. The molecule has 2 fully saturated rings. The van der Waals surface area contributed by atoms with Gasteiger partial charge in [0.1, 0.15) is 5.82 Å². The van der Waals surface area contributed by atoms with Crippen LogP contribution in [0.1, 0.15) is 24.0 Å². The van der Waals surface area contributed by atoms with E-state index in [-0.39, 0.29) is 6.04 Å². The lowest BCUT2D eigenvalue weighted by atomic mass is 10.0. The van der Waals surface area contributed by atoms with Crippen molar-refractivity contribution in [2.24, 2.45) is 0 Å². The lowest BCUT2D eigenvalue weighted by Crippen LogP contribution is -2.39. The lowest BCUT2D eigenvalue weighted by molar-refractivity contribution is -0.137. The van der Waals surface area contributed by atoms with Gasteiger partial charge in [0.2, 0.25) is 5.95 Å². The van der Waals surface area contributed by atoms with Crippen LogP contribution in [-0.2, 0) is 17.5 Å². The smallest absolute Gasteiger partial charge is 0.378 e. The van der Waals surface area contributed by atoms with Crippen LogP contribution < -0.4 is 10.2 Å². The highest BCUT2D eigenvalue weighted by molar-refractivity contribution is 5.42. The van der Waals surface area contributed by atoms with Crippen LogP contribution in [0.15, 0.2) is 36.5 Å². The number of piperidine rings is 1. The van der Waals surface area contributed by atoms with Gasteiger partial charge in [-0.15, -0.1) is 0 Å². The molecule has 9 heteroatoms. The Kier molecular flexibility index (Phi) is 6.38. The number of aromatic nitrogens is 2. The molecule has 3 heterocycles. The van der Waals surface area contributed by atoms with Gasteiger partial charge in [0.15, 0.2) is 0 Å². The maximum Gasteiger partial charge on any atom is 0.416 e. The van der Waals surface area contributed by atoms with Crippen LogP contribution in [0.3, 0.4) is 0 Å². The van der Waals surface area contributed by atoms with Crippen molar-refractivity contribution < 1.29 is 17.9 Å². The maximum atomic E-state index is 12.9. The van der Waals surface area contributed by atoms with Gasteiger partial charge in [-0.2, -0.15) is 18.2 Å². The van der Waals surface area contributed by atoms with Crippen LogP contribution in [0.25, 0.3) is 0 Å². The normalized spacial score (nSPS) is 19.1. The number of rotatable bonds is 5. The Morgan fingerprint density at radius 2 is 1.83 bits per heavy atom. The highest BCUT2D eigenvalue weighted by atomic mass is 19.4. The number of hydrogen-bond donors (Lipinski definition) is 1. The van der Waals surface area contributed by atoms with Crippen LogP contribution in [0.2, 0.25) is 0 Å². The average Bonchev–Trinajstić information content (AvgIpc) is 2.76. The van der Waals surface area contributed by atoms with E-state index >= 15 is 0 Å². The summed E-state index contributed by atoms with van der Waals surface area (Å²) in [4.78, 5) is 13.3. The molecule has 2 aliphatic rings. The molecule has 1 N–H and O–H groups in total. The molecule has 2 aliphatic heterocycles. The molecule has 0 atom stereocenters. The van der Waals surface area contributed by atoms with Crippen LogP contribution in [0, 0.1) is 0 Å². The molecule has 0 radical (unpaired) electrons. The van der Waals surface area contributed by atoms with Gasteiger partial charge < -0.3 is 15.0 Å². The minimum absolute atomic E-state index is 0.287. The predicted molar refractivity (Wildman–Crippen MR) is 108 cm³/mol. The fourth-order valence-corrected chi connectivity index (χ4v) is 3.89. The number of anilines is 2. The van der Waals surface area contributed by atoms with Gasteiger partial charge in [0.25, 0.3) is 0 Å². The zero-order chi connectivity index (χ0) is 21.0. The number of morpholine rings is 1. The van der Waals surface area contributed by atoms with Crippen molar-refractivity contribution >= 4 is 11.8 Å². The summed E-state index contributed by atoms with van der Waals surface area (Å²) in [5.41, 5.74) is 0.110. The number of benzene rings is 1. The predicted octanol–water partition coefficient (Wildman–Crippen LogP) is 3.41. The van der Waals surface area contributed by atoms with Crippen molar-refractivity contribution in [2.45, 2.75) is 31.6 Å². The molecule has 6 nitrogen and oxygen atoms in total. The number of likely N-dealkylation sites (tertiary alicyclic amines) is 1. The van der Waals surface area contributed by atoms with Crippen molar-refractivity contribution in [2.75, 3.05) is 49.6 Å². The molecule has 1 aromatic carbocycles. The van der Waals surface area contributed by atoms with Crippen molar-refractivity contribution in [1.29, 1.82) is 0 Å². The van der Waals surface area contributed by atoms with E-state index in [1.807, 2.05) is 6.07 Å². The number of hydrogen-bond acceptors (Lipinski definition) is 6. The zero-order valence-electron chi connectivity index (χ0n) is 16.7. The number of halogens is 3. The summed E-state index contributed by atoms with van der Waals surface area (Å²) in [6.45, 7) is 5.14. The fraction of sp³-hybridized carbons (Fsp3) is 0.524. The standard InChI is InChI=1S/C21H26F3N5O/c22-21(23,24)17-3-1-2-16(14-17)15-28-8-5-18(6-9-28)26-19-4-7-25-20(27-19)29-10-12-30-13-11-29/h1-4,7,14,18H,5-6,8-13,15H2,(H,25,26,27). The number of nitrogens with zero attached hydrogens (tertiary/aromatic N) is 4. The van der Waals surface area contributed by atoms with E-state index in [9.17, 15) is 13.2 Å². The monoisotopic (exact) mass is 421 g/mol. The molecule has 0 saturated carbocycles. The van der Waals surface area contributed by atoms with E-state index < -0.39 is 11.7 Å². The Morgan fingerprint density at radius 1 is 1.07 bits per heavy atom. The molecule has 0 unspecified atom stereocenters. The van der Waals surface area contributed by atoms with Gasteiger partial charge in [-0.3, -0.25) is 4.90 Å². The summed E-state index contributed by atoms with van der Waals surface area (Å²) in [6.07, 6.45) is -0.709. The van der Waals surface area contributed by atoms with E-state index in [0.717, 1.165) is 50.9 Å². The van der Waals surface area contributed by atoms with Gasteiger partial charge in [-0.1, -0.05) is 18.2 Å². The van der Waals surface area contributed by atoms with Crippen molar-refractivity contribution in [3.8, 4) is 0 Å². The molecule has 0 spiro atoms. The van der Waals surface area contributed by atoms with Gasteiger partial charge >= 0.3 is 6.18 Å². The molecule has 30 heavy (non-hydrogen) atoms. The summed E-state index contributed by atoms with van der Waals surface area (Å²) in [7, 11) is 0. The quantitative estimate of drug-likeness (QED) is 0.799. The Bertz CT molecular complexity index is 833. The van der Waals surface area contributed by atoms with Crippen molar-refractivity contribution in [3.05, 3.63) is 47.7 Å². The van der Waals surface area contributed by atoms with E-state index in [2.05, 4.69) is 25.1 Å². The van der Waals surface area contributed by atoms with E-state index in [1.165, 1.54) is 12.1 Å². The summed E-state index contributed by atoms with van der Waals surface area (Å²) in [6, 6.07) is 7.76. The molecule has 162 valence electrons. The van der Waals surface area contributed by atoms with Gasteiger partial charge in [-0.25, -0.2) is 4.98 Å². The number of nitrogens with one attached hydrogen (secondary N) is 1. The minimum atomic E-state index is -4.30. The Morgan fingerprint density at radius 3 is 2.57 bits per heavy atom. The summed E-state index contributed by atoms with van der Waals surface area (Å²) in [5.74, 6) is 1.52. The molecule has 2 saturated heterocycles. The first-order valence-electron chi connectivity index (χ1n) is 10.3. The number of alkyl halides is 3. The second-order valence-corrected chi connectivity index (χ2v) is 7.73. The lowest BCUT2D eigenvalue weighted by Gasteiger charge is -2.33. The molecular weight excluding hydrogens is 395 g/mol. The zero-order valence-corrected chi connectivity index (χ0v) is 16.7. The summed E-state index contributed by atoms with van der Waals surface area (Å²) >= 11 is 0.